The van der Waals surface area contributed by atoms with Gasteiger partial charge in [0, 0.05) is 50.6 Å². The normalized spacial score (nSPS) is 16.7. The molecule has 3 nitrogen and oxygen atoms in total. The first kappa shape index (κ1) is 18.8. The number of carbonyl (C=O) groups excluding carboxylic acids is 1. The molecule has 2 aromatic rings. The Balaban J connectivity index is 1.55. The van der Waals surface area contributed by atoms with Gasteiger partial charge in [0.2, 0.25) is 5.91 Å². The highest BCUT2D eigenvalue weighted by molar-refractivity contribution is 9.10. The zero-order valence-electron chi connectivity index (χ0n) is 14.8. The van der Waals surface area contributed by atoms with E-state index >= 15 is 0 Å². The highest BCUT2D eigenvalue weighted by Crippen LogP contribution is 2.33. The van der Waals surface area contributed by atoms with Crippen LogP contribution in [0.15, 0.2) is 27.4 Å². The molecule has 25 heavy (non-hydrogen) atoms. The molecule has 0 atom stereocenters. The van der Waals surface area contributed by atoms with Gasteiger partial charge in [0.15, 0.2) is 0 Å². The van der Waals surface area contributed by atoms with Crippen molar-refractivity contribution in [3.63, 3.8) is 0 Å². The van der Waals surface area contributed by atoms with Gasteiger partial charge in [-0.25, -0.2) is 4.98 Å². The zero-order valence-corrected chi connectivity index (χ0v) is 18.0. The van der Waals surface area contributed by atoms with Gasteiger partial charge in [0.05, 0.1) is 10.7 Å². The Morgan fingerprint density at radius 2 is 2.00 bits per heavy atom. The lowest BCUT2D eigenvalue weighted by Gasteiger charge is -2.30. The van der Waals surface area contributed by atoms with Crippen LogP contribution in [0.2, 0.25) is 0 Å². The van der Waals surface area contributed by atoms with Crippen LogP contribution >= 0.6 is 38.6 Å². The number of thiazole rings is 1. The Kier molecular flexibility index (Phi) is 5.81. The van der Waals surface area contributed by atoms with Crippen molar-refractivity contribution in [1.29, 1.82) is 0 Å². The summed E-state index contributed by atoms with van der Waals surface area (Å²) in [5, 5.41) is 5.44. The average molecular weight is 439 g/mol. The lowest BCUT2D eigenvalue weighted by atomic mass is 9.93. The van der Waals surface area contributed by atoms with E-state index in [9.17, 15) is 4.79 Å². The number of amides is 1. The quantitative estimate of drug-likeness (QED) is 0.576. The van der Waals surface area contributed by atoms with Crippen LogP contribution in [0, 0.1) is 0 Å². The second-order valence-electron chi connectivity index (χ2n) is 7.42. The Bertz CT molecular complexity index is 764. The Morgan fingerprint density at radius 1 is 1.28 bits per heavy atom. The van der Waals surface area contributed by atoms with Crippen molar-refractivity contribution < 1.29 is 4.79 Å². The molecule has 1 saturated heterocycles. The fourth-order valence-electron chi connectivity index (χ4n) is 2.84. The molecule has 0 spiro atoms. The van der Waals surface area contributed by atoms with E-state index in [1.54, 1.807) is 28.7 Å². The molecule has 0 saturated carbocycles. The average Bonchev–Trinajstić information content (AvgIpc) is 3.21. The fourth-order valence-corrected chi connectivity index (χ4v) is 5.40. The van der Waals surface area contributed by atoms with Gasteiger partial charge in [0.1, 0.15) is 0 Å². The third kappa shape index (κ3) is 4.80. The molecule has 0 bridgehead atoms. The van der Waals surface area contributed by atoms with E-state index in [1.165, 1.54) is 10.7 Å². The number of nitrogens with zero attached hydrogens (tertiary/aromatic N) is 2. The van der Waals surface area contributed by atoms with Crippen molar-refractivity contribution >= 4 is 50.6 Å². The van der Waals surface area contributed by atoms with Crippen LogP contribution in [-0.4, -0.2) is 28.9 Å². The van der Waals surface area contributed by atoms with Crippen LogP contribution in [0.4, 0.5) is 0 Å². The summed E-state index contributed by atoms with van der Waals surface area (Å²) in [6.07, 6.45) is 5.60. The number of carbonyl (C=O) groups is 1. The molecule has 3 heterocycles. The zero-order chi connectivity index (χ0) is 18.0. The van der Waals surface area contributed by atoms with Gasteiger partial charge in [-0.3, -0.25) is 4.79 Å². The van der Waals surface area contributed by atoms with E-state index in [1.807, 2.05) is 22.4 Å². The van der Waals surface area contributed by atoms with E-state index in [-0.39, 0.29) is 11.3 Å². The molecule has 1 aliphatic heterocycles. The van der Waals surface area contributed by atoms with Crippen LogP contribution in [-0.2, 0) is 10.2 Å². The number of halogens is 1. The molecular weight excluding hydrogens is 416 g/mol. The molecule has 1 fully saturated rings. The van der Waals surface area contributed by atoms with Crippen molar-refractivity contribution in [1.82, 2.24) is 9.88 Å². The molecule has 0 aliphatic carbocycles. The summed E-state index contributed by atoms with van der Waals surface area (Å²) in [6.45, 7) is 8.22. The second-order valence-corrected chi connectivity index (χ2v) is 10.2. The van der Waals surface area contributed by atoms with Crippen LogP contribution < -0.4 is 0 Å². The SMILES string of the molecule is CC(C)(C)c1csc(C2CCN(C(=O)/C=C/c3cc(Br)cs3)CC2)n1. The lowest BCUT2D eigenvalue weighted by molar-refractivity contribution is -0.126. The first-order chi connectivity index (χ1) is 11.8. The largest absolute Gasteiger partial charge is 0.339 e. The van der Waals surface area contributed by atoms with Gasteiger partial charge in [-0.15, -0.1) is 22.7 Å². The lowest BCUT2D eigenvalue weighted by Crippen LogP contribution is -2.36. The van der Waals surface area contributed by atoms with Crippen molar-refractivity contribution in [2.45, 2.75) is 44.9 Å². The Labute approximate surface area is 165 Å². The van der Waals surface area contributed by atoms with Gasteiger partial charge in [0.25, 0.3) is 0 Å². The van der Waals surface area contributed by atoms with E-state index in [0.717, 1.165) is 35.3 Å². The molecule has 0 unspecified atom stereocenters. The molecule has 1 aliphatic rings. The molecule has 134 valence electrons. The molecule has 0 N–H and O–H groups in total. The number of aromatic nitrogens is 1. The molecule has 0 radical (unpaired) electrons. The first-order valence-electron chi connectivity index (χ1n) is 8.50. The van der Waals surface area contributed by atoms with Crippen molar-refractivity contribution in [3.8, 4) is 0 Å². The Hall–Kier alpha value is -0.980. The van der Waals surface area contributed by atoms with Crippen LogP contribution in [0.1, 0.15) is 55.1 Å². The molecule has 0 aromatic carbocycles. The van der Waals surface area contributed by atoms with E-state index < -0.39 is 0 Å². The smallest absolute Gasteiger partial charge is 0.246 e. The Morgan fingerprint density at radius 3 is 2.56 bits per heavy atom. The van der Waals surface area contributed by atoms with Crippen LogP contribution in [0.3, 0.4) is 0 Å². The van der Waals surface area contributed by atoms with Crippen molar-refractivity contribution in [2.24, 2.45) is 0 Å². The molecule has 1 amide bonds. The summed E-state index contributed by atoms with van der Waals surface area (Å²) in [6, 6.07) is 2.02. The van der Waals surface area contributed by atoms with Crippen molar-refractivity contribution in [3.05, 3.63) is 43.0 Å². The molecule has 2 aromatic heterocycles. The second kappa shape index (κ2) is 7.72. The summed E-state index contributed by atoms with van der Waals surface area (Å²) < 4.78 is 1.06. The maximum absolute atomic E-state index is 12.4. The van der Waals surface area contributed by atoms with Gasteiger partial charge in [-0.1, -0.05) is 20.8 Å². The maximum Gasteiger partial charge on any atom is 0.246 e. The monoisotopic (exact) mass is 438 g/mol. The minimum atomic E-state index is 0.104. The van der Waals surface area contributed by atoms with E-state index in [4.69, 9.17) is 4.98 Å². The molecule has 6 heteroatoms. The minimum Gasteiger partial charge on any atom is -0.339 e. The first-order valence-corrected chi connectivity index (χ1v) is 11.0. The predicted octanol–water partition coefficient (Wildman–Crippen LogP) is 5.68. The standard InChI is InChI=1S/C19H23BrN2OS2/c1-19(2,3)16-12-25-18(21-16)13-6-8-22(9-7-13)17(23)5-4-15-10-14(20)11-24-15/h4-5,10-13H,6-9H2,1-3H3/b5-4+. The number of thiophene rings is 1. The topological polar surface area (TPSA) is 33.2 Å². The highest BCUT2D eigenvalue weighted by Gasteiger charge is 2.26. The summed E-state index contributed by atoms with van der Waals surface area (Å²) in [7, 11) is 0. The van der Waals surface area contributed by atoms with Gasteiger partial charge in [-0.2, -0.15) is 0 Å². The minimum absolute atomic E-state index is 0.104. The maximum atomic E-state index is 12.4. The summed E-state index contributed by atoms with van der Waals surface area (Å²) in [4.78, 5) is 20.3. The molecule has 3 rings (SSSR count). The number of likely N-dealkylation sites (tertiary alicyclic amines) is 1. The van der Waals surface area contributed by atoms with E-state index in [0.29, 0.717) is 5.92 Å². The summed E-state index contributed by atoms with van der Waals surface area (Å²) >= 11 is 6.83. The number of hydrogen-bond donors (Lipinski definition) is 0. The van der Waals surface area contributed by atoms with E-state index in [2.05, 4.69) is 42.1 Å². The van der Waals surface area contributed by atoms with Crippen molar-refractivity contribution in [2.75, 3.05) is 13.1 Å². The highest BCUT2D eigenvalue weighted by atomic mass is 79.9. The number of hydrogen-bond acceptors (Lipinski definition) is 4. The van der Waals surface area contributed by atoms with Crippen LogP contribution in [0.25, 0.3) is 6.08 Å². The summed E-state index contributed by atoms with van der Waals surface area (Å²) in [5.74, 6) is 0.597. The predicted molar refractivity (Wildman–Crippen MR) is 110 cm³/mol. The molecular formula is C19H23BrN2OS2. The van der Waals surface area contributed by atoms with Gasteiger partial charge < -0.3 is 4.90 Å². The van der Waals surface area contributed by atoms with Crippen LogP contribution in [0.5, 0.6) is 0 Å². The van der Waals surface area contributed by atoms with Gasteiger partial charge in [-0.05, 0) is 40.9 Å². The number of piperidine rings is 1. The third-order valence-corrected chi connectivity index (χ3v) is 7.09. The van der Waals surface area contributed by atoms with Gasteiger partial charge >= 0.3 is 0 Å². The number of rotatable bonds is 3. The summed E-state index contributed by atoms with van der Waals surface area (Å²) in [5.41, 5.74) is 1.28. The third-order valence-electron chi connectivity index (χ3n) is 4.42. The fraction of sp³-hybridized carbons (Fsp3) is 0.474.